The molecule has 0 rings (SSSR count). The summed E-state index contributed by atoms with van der Waals surface area (Å²) in [6.45, 7) is 0. The molecular weight excluding hydrogens is 314 g/mol. The van der Waals surface area contributed by atoms with Gasteiger partial charge in [-0.05, 0) is 0 Å². The van der Waals surface area contributed by atoms with E-state index in [1.54, 1.807) is 0 Å². The van der Waals surface area contributed by atoms with Gasteiger partial charge in [0.25, 0.3) is 0 Å². The van der Waals surface area contributed by atoms with E-state index < -0.39 is 22.7 Å². The van der Waals surface area contributed by atoms with Crippen LogP contribution in [0.2, 0.25) is 0 Å². The minimum absolute atomic E-state index is 0. The summed E-state index contributed by atoms with van der Waals surface area (Å²) in [7, 11) is 15.4. The Labute approximate surface area is 89.1 Å². The van der Waals surface area contributed by atoms with E-state index in [1.807, 2.05) is 0 Å². The standard InChI is InChI=1S/4ClH.2H3N.H2O4S.Ti/c;;;;;;1-5(2,3)4;/h4*1H;2*1H3;(H2,1,2,3,4);/q;;;;;;;+4/p-4. The molecule has 0 aromatic heterocycles. The third-order valence-corrected chi connectivity index (χ3v) is 0. The van der Waals surface area contributed by atoms with Crippen molar-refractivity contribution in [1.82, 2.24) is 12.3 Å². The number of halogens is 4. The van der Waals surface area contributed by atoms with Gasteiger partial charge in [0.05, 0.1) is 0 Å². The normalized spacial score (nSPS) is 9.83. The molecular formula is H8Cl4N2O4STi. The summed E-state index contributed by atoms with van der Waals surface area (Å²) in [6.07, 6.45) is 0. The Kier molecular flexibility index (Phi) is 18.0. The average molecular weight is 322 g/mol. The van der Waals surface area contributed by atoms with E-state index in [0.29, 0.717) is 0 Å². The first-order valence-electron chi connectivity index (χ1n) is 1.45. The van der Waals surface area contributed by atoms with Gasteiger partial charge in [0.1, 0.15) is 0 Å². The van der Waals surface area contributed by atoms with Crippen LogP contribution in [-0.4, -0.2) is 17.5 Å². The van der Waals surface area contributed by atoms with Crippen LogP contribution in [0.1, 0.15) is 0 Å². The summed E-state index contributed by atoms with van der Waals surface area (Å²) < 4.78 is 31.6. The summed E-state index contributed by atoms with van der Waals surface area (Å²) in [5.74, 6) is 0. The Hall–Kier alpha value is 1.66. The molecule has 0 atom stereocenters. The monoisotopic (exact) mass is 320 g/mol. The van der Waals surface area contributed by atoms with Crippen LogP contribution >= 0.6 is 37.2 Å². The summed E-state index contributed by atoms with van der Waals surface area (Å²) in [5, 5.41) is 0. The van der Waals surface area contributed by atoms with E-state index in [-0.39, 0.29) is 12.3 Å². The Bertz CT molecular complexity index is 160. The minimum atomic E-state index is -4.67. The fourth-order valence-corrected chi connectivity index (χ4v) is 0. The van der Waals surface area contributed by atoms with Gasteiger partial charge in [-0.25, -0.2) is 0 Å². The van der Waals surface area contributed by atoms with Crippen LogP contribution in [0.4, 0.5) is 0 Å². The topological polar surface area (TPSA) is 145 Å². The molecule has 80 valence electrons. The number of rotatable bonds is 0. The molecule has 0 saturated carbocycles. The molecule has 0 spiro atoms. The first-order valence-corrected chi connectivity index (χ1v) is 11.4. The van der Waals surface area contributed by atoms with Crippen molar-refractivity contribution in [2.75, 3.05) is 0 Å². The van der Waals surface area contributed by atoms with Crippen LogP contribution in [0.3, 0.4) is 0 Å². The Morgan fingerprint density at radius 3 is 0.917 bits per heavy atom. The second kappa shape index (κ2) is 9.23. The van der Waals surface area contributed by atoms with Crippen molar-refractivity contribution in [3.05, 3.63) is 0 Å². The summed E-state index contributed by atoms with van der Waals surface area (Å²) in [5.41, 5.74) is 0. The van der Waals surface area contributed by atoms with Crippen molar-refractivity contribution < 1.29 is 29.9 Å². The summed E-state index contributed by atoms with van der Waals surface area (Å²) >= 11 is -3.11. The van der Waals surface area contributed by atoms with Gasteiger partial charge in [-0.1, -0.05) is 0 Å². The van der Waals surface area contributed by atoms with Gasteiger partial charge >= 0.3 is 60.0 Å². The van der Waals surface area contributed by atoms with Gasteiger partial charge in [-0.15, -0.1) is 0 Å². The quantitative estimate of drug-likeness (QED) is 0.398. The molecule has 0 saturated heterocycles. The second-order valence-electron chi connectivity index (χ2n) is 0.876. The van der Waals surface area contributed by atoms with E-state index in [1.165, 1.54) is 0 Å². The molecule has 0 bridgehead atoms. The van der Waals surface area contributed by atoms with Gasteiger partial charge < -0.3 is 12.3 Å². The zero-order valence-corrected chi connectivity index (χ0v) is 10.9. The molecule has 0 unspecified atom stereocenters. The molecule has 0 aromatic rings. The van der Waals surface area contributed by atoms with Gasteiger partial charge in [0, 0.05) is 0 Å². The SMILES string of the molecule is N.N.O=S(=O)(O)O.[Cl][Ti]([Cl])([Cl])[Cl]. The van der Waals surface area contributed by atoms with Gasteiger partial charge in [0.15, 0.2) is 0 Å². The van der Waals surface area contributed by atoms with E-state index in [4.69, 9.17) is 54.7 Å². The molecule has 0 aliphatic rings. The van der Waals surface area contributed by atoms with E-state index in [9.17, 15) is 0 Å². The molecule has 12 heavy (non-hydrogen) atoms. The van der Waals surface area contributed by atoms with Crippen LogP contribution in [0.15, 0.2) is 0 Å². The number of hydrogen-bond acceptors (Lipinski definition) is 4. The molecule has 0 fully saturated rings. The van der Waals surface area contributed by atoms with Crippen molar-refractivity contribution in [2.45, 2.75) is 0 Å². The molecule has 12 heteroatoms. The third kappa shape index (κ3) is 479. The molecule has 6 nitrogen and oxygen atoms in total. The van der Waals surface area contributed by atoms with Crippen molar-refractivity contribution >= 4 is 47.6 Å². The third-order valence-electron chi connectivity index (χ3n) is 0. The van der Waals surface area contributed by atoms with Gasteiger partial charge in [0.2, 0.25) is 0 Å². The van der Waals surface area contributed by atoms with Crippen LogP contribution in [-0.2, 0) is 22.7 Å². The maximum absolute atomic E-state index is 8.74. The second-order valence-corrected chi connectivity index (χ2v) is 17.2. The fourth-order valence-electron chi connectivity index (χ4n) is 0. The Morgan fingerprint density at radius 1 is 0.917 bits per heavy atom. The first-order chi connectivity index (χ1) is 4.00. The van der Waals surface area contributed by atoms with Crippen LogP contribution < -0.4 is 12.3 Å². The van der Waals surface area contributed by atoms with E-state index in [2.05, 4.69) is 0 Å². The van der Waals surface area contributed by atoms with E-state index >= 15 is 0 Å². The first kappa shape index (κ1) is 23.5. The molecule has 0 aliphatic heterocycles. The Balaban J connectivity index is -0.0000000457. The zero-order chi connectivity index (χ0) is 9.00. The van der Waals surface area contributed by atoms with Crippen molar-refractivity contribution in [3.63, 3.8) is 0 Å². The van der Waals surface area contributed by atoms with Crippen molar-refractivity contribution in [3.8, 4) is 0 Å². The molecule has 0 amide bonds. The van der Waals surface area contributed by atoms with Crippen LogP contribution in [0.25, 0.3) is 0 Å². The van der Waals surface area contributed by atoms with Crippen molar-refractivity contribution in [1.29, 1.82) is 0 Å². The summed E-state index contributed by atoms with van der Waals surface area (Å²) in [6, 6.07) is 0. The summed E-state index contributed by atoms with van der Waals surface area (Å²) in [4.78, 5) is 0. The van der Waals surface area contributed by atoms with Gasteiger partial charge in [-0.3, -0.25) is 9.11 Å². The number of hydrogen-bond donors (Lipinski definition) is 4. The van der Waals surface area contributed by atoms with Crippen LogP contribution in [0.5, 0.6) is 0 Å². The maximum atomic E-state index is 8.74. The van der Waals surface area contributed by atoms with E-state index in [0.717, 1.165) is 0 Å². The molecule has 0 radical (unpaired) electrons. The fraction of sp³-hybridized carbons (Fsp3) is 0. The molecule has 0 aromatic carbocycles. The van der Waals surface area contributed by atoms with Gasteiger partial charge in [-0.2, -0.15) is 8.42 Å². The molecule has 0 aliphatic carbocycles. The molecule has 8 N–H and O–H groups in total. The predicted molar refractivity (Wildman–Crippen MR) is 47.6 cm³/mol. The van der Waals surface area contributed by atoms with Crippen LogP contribution in [0, 0.1) is 0 Å². The Morgan fingerprint density at radius 2 is 0.917 bits per heavy atom. The predicted octanol–water partition coefficient (Wildman–Crippen LogP) is 2.43. The zero-order valence-electron chi connectivity index (χ0n) is 5.55. The molecule has 0 heterocycles. The van der Waals surface area contributed by atoms with Crippen molar-refractivity contribution in [2.24, 2.45) is 0 Å². The average Bonchev–Trinajstić information content (AvgIpc) is 1.12.